The van der Waals surface area contributed by atoms with Crippen LogP contribution < -0.4 is 0 Å². The number of hydrogen-bond acceptors (Lipinski definition) is 0. The van der Waals surface area contributed by atoms with Gasteiger partial charge < -0.3 is 0 Å². The third-order valence-electron chi connectivity index (χ3n) is 0.647. The normalized spacial score (nSPS) is 8.00. The van der Waals surface area contributed by atoms with E-state index in [9.17, 15) is 0 Å². The van der Waals surface area contributed by atoms with Crippen LogP contribution in [-0.2, 0) is 0 Å². The van der Waals surface area contributed by atoms with Gasteiger partial charge >= 0.3 is 0 Å². The van der Waals surface area contributed by atoms with Crippen LogP contribution in [0.25, 0.3) is 0 Å². The molecule has 36 valence electrons. The molecule has 0 heterocycles. The summed E-state index contributed by atoms with van der Waals surface area (Å²) >= 11 is 4.04. The van der Waals surface area contributed by atoms with Crippen LogP contribution in [0.5, 0.6) is 0 Å². The standard InChI is InChI=1S/C4H9NS/c1-4(6)5(2)3/h1-3H3/p+1. The van der Waals surface area contributed by atoms with Gasteiger partial charge in [0.05, 0.1) is 0 Å². The van der Waals surface area contributed by atoms with Crippen LogP contribution in [0.4, 0.5) is 0 Å². The van der Waals surface area contributed by atoms with Gasteiger partial charge in [-0.3, -0.25) is 0 Å². The third kappa shape index (κ3) is 2.27. The first-order valence-corrected chi connectivity index (χ1v) is 2.29. The zero-order chi connectivity index (χ0) is 5.15. The Hall–Kier alpha value is 0.0200. The molecular formula is C4H10NS+. The molecule has 0 aromatic rings. The molecule has 0 unspecified atom stereocenters. The summed E-state index contributed by atoms with van der Waals surface area (Å²) in [4.78, 5) is 0. The van der Waals surface area contributed by atoms with Crippen molar-refractivity contribution in [1.82, 2.24) is 0 Å². The molecule has 0 atom stereocenters. The summed E-state index contributed by atoms with van der Waals surface area (Å²) in [6.45, 7) is 1.95. The Morgan fingerprint density at radius 1 is 1.50 bits per heavy atom. The predicted molar refractivity (Wildman–Crippen MR) is 31.8 cm³/mol. The van der Waals surface area contributed by atoms with E-state index in [1.54, 1.807) is 0 Å². The molecule has 0 aliphatic carbocycles. The molecule has 6 heavy (non-hydrogen) atoms. The summed E-state index contributed by atoms with van der Waals surface area (Å²) in [5.74, 6) is 0. The predicted octanol–water partition coefficient (Wildman–Crippen LogP) is 0.607. The Bertz CT molecular complexity index is 57.6. The largest absolute Gasteiger partial charge is 0.234 e. The van der Waals surface area contributed by atoms with Crippen LogP contribution in [0.1, 0.15) is 6.92 Å². The summed E-state index contributed by atoms with van der Waals surface area (Å²) < 4.78 is 1.95. The van der Waals surface area contributed by atoms with Crippen LogP contribution >= 0.6 is 12.6 Å². The maximum absolute atomic E-state index is 4.04. The highest BCUT2D eigenvalue weighted by molar-refractivity contribution is 7.96. The van der Waals surface area contributed by atoms with E-state index in [0.29, 0.717) is 0 Å². The van der Waals surface area contributed by atoms with Crippen molar-refractivity contribution in [2.75, 3.05) is 14.1 Å². The van der Waals surface area contributed by atoms with Gasteiger partial charge in [0.25, 0.3) is 0 Å². The van der Waals surface area contributed by atoms with Crippen LogP contribution in [-0.4, -0.2) is 23.7 Å². The van der Waals surface area contributed by atoms with E-state index in [4.69, 9.17) is 0 Å². The van der Waals surface area contributed by atoms with E-state index >= 15 is 0 Å². The van der Waals surface area contributed by atoms with Crippen molar-refractivity contribution in [2.45, 2.75) is 6.92 Å². The fourth-order valence-corrected chi connectivity index (χ4v) is 0. The first kappa shape index (κ1) is 6.02. The number of thiol groups is 1. The summed E-state index contributed by atoms with van der Waals surface area (Å²) in [5.41, 5.74) is 0. The molecular weight excluding hydrogens is 94.1 g/mol. The minimum atomic E-state index is 1.04. The average Bonchev–Trinajstić information content (AvgIpc) is 1.36. The molecule has 0 aliphatic heterocycles. The van der Waals surface area contributed by atoms with Gasteiger partial charge in [-0.1, -0.05) is 12.6 Å². The minimum Gasteiger partial charge on any atom is -0.234 e. The lowest BCUT2D eigenvalue weighted by Crippen LogP contribution is -2.01. The second-order valence-electron chi connectivity index (χ2n) is 1.44. The highest BCUT2D eigenvalue weighted by Gasteiger charge is 1.84. The van der Waals surface area contributed by atoms with Gasteiger partial charge in [-0.15, -0.1) is 0 Å². The molecule has 1 nitrogen and oxygen atoms in total. The zero-order valence-corrected chi connectivity index (χ0v) is 5.29. The van der Waals surface area contributed by atoms with Crippen LogP contribution in [0, 0.1) is 0 Å². The number of rotatable bonds is 0. The summed E-state index contributed by atoms with van der Waals surface area (Å²) in [7, 11) is 3.92. The van der Waals surface area contributed by atoms with Crippen molar-refractivity contribution in [1.29, 1.82) is 0 Å². The highest BCUT2D eigenvalue weighted by atomic mass is 32.1. The van der Waals surface area contributed by atoms with Crippen LogP contribution in [0.15, 0.2) is 0 Å². The van der Waals surface area contributed by atoms with Crippen molar-refractivity contribution in [3.63, 3.8) is 0 Å². The van der Waals surface area contributed by atoms with Gasteiger partial charge in [0.15, 0.2) is 0 Å². The maximum Gasteiger partial charge on any atom is 0.203 e. The van der Waals surface area contributed by atoms with Gasteiger partial charge in [-0.2, -0.15) is 0 Å². The fourth-order valence-electron chi connectivity index (χ4n) is 0. The van der Waals surface area contributed by atoms with Crippen molar-refractivity contribution in [3.8, 4) is 0 Å². The number of nitrogens with zero attached hydrogens (tertiary/aromatic N) is 1. The molecule has 0 amide bonds. The zero-order valence-electron chi connectivity index (χ0n) is 4.39. The Labute approximate surface area is 44.1 Å². The number of hydrogen-bond donors (Lipinski definition) is 1. The quantitative estimate of drug-likeness (QED) is 0.198. The molecule has 0 bridgehead atoms. The maximum atomic E-state index is 4.04. The summed E-state index contributed by atoms with van der Waals surface area (Å²) in [6, 6.07) is 0. The van der Waals surface area contributed by atoms with E-state index in [-0.39, 0.29) is 0 Å². The van der Waals surface area contributed by atoms with Gasteiger partial charge in [0, 0.05) is 6.92 Å². The van der Waals surface area contributed by atoms with Gasteiger partial charge in [-0.05, 0) is 0 Å². The minimum absolute atomic E-state index is 1.04. The SMILES string of the molecule is CC(S)=[N+](C)C. The topological polar surface area (TPSA) is 3.01 Å². The second-order valence-corrected chi connectivity index (χ2v) is 2.09. The van der Waals surface area contributed by atoms with Crippen LogP contribution in [0.2, 0.25) is 0 Å². The van der Waals surface area contributed by atoms with Crippen molar-refractivity contribution >= 4 is 17.7 Å². The summed E-state index contributed by atoms with van der Waals surface area (Å²) in [6.07, 6.45) is 0. The van der Waals surface area contributed by atoms with E-state index in [1.807, 2.05) is 25.6 Å². The lowest BCUT2D eigenvalue weighted by Gasteiger charge is -1.81. The van der Waals surface area contributed by atoms with Gasteiger partial charge in [-0.25, -0.2) is 4.58 Å². The third-order valence-corrected chi connectivity index (χ3v) is 1.05. The molecule has 2 heteroatoms. The molecule has 0 aliphatic rings. The molecule has 0 N–H and O–H groups in total. The van der Waals surface area contributed by atoms with E-state index in [0.717, 1.165) is 5.04 Å². The van der Waals surface area contributed by atoms with E-state index in [1.165, 1.54) is 0 Å². The molecule has 0 fully saturated rings. The lowest BCUT2D eigenvalue weighted by molar-refractivity contribution is -0.461. The average molecular weight is 104 g/mol. The Kier molecular flexibility index (Phi) is 2.25. The highest BCUT2D eigenvalue weighted by Crippen LogP contribution is 1.74. The monoisotopic (exact) mass is 104 g/mol. The van der Waals surface area contributed by atoms with Crippen molar-refractivity contribution in [2.24, 2.45) is 0 Å². The first-order chi connectivity index (χ1) is 2.64. The first-order valence-electron chi connectivity index (χ1n) is 1.84. The fraction of sp³-hybridized carbons (Fsp3) is 0.750. The Morgan fingerprint density at radius 2 is 1.67 bits per heavy atom. The smallest absolute Gasteiger partial charge is 0.203 e. The summed E-state index contributed by atoms with van der Waals surface area (Å²) in [5, 5.41) is 1.04. The van der Waals surface area contributed by atoms with Crippen LogP contribution in [0.3, 0.4) is 0 Å². The second kappa shape index (κ2) is 2.24. The molecule has 0 saturated carbocycles. The molecule has 0 rings (SSSR count). The molecule has 0 saturated heterocycles. The Morgan fingerprint density at radius 3 is 1.67 bits per heavy atom. The molecule has 0 radical (unpaired) electrons. The lowest BCUT2D eigenvalue weighted by atomic mass is 10.8. The van der Waals surface area contributed by atoms with Crippen molar-refractivity contribution in [3.05, 3.63) is 0 Å². The Balaban J connectivity index is 3.68. The molecule has 0 spiro atoms. The molecule has 0 aromatic heterocycles. The van der Waals surface area contributed by atoms with Gasteiger partial charge in [0.2, 0.25) is 5.04 Å². The molecule has 0 aromatic carbocycles. The van der Waals surface area contributed by atoms with E-state index < -0.39 is 0 Å². The van der Waals surface area contributed by atoms with Gasteiger partial charge in [0.1, 0.15) is 14.1 Å². The van der Waals surface area contributed by atoms with E-state index in [2.05, 4.69) is 12.6 Å². The van der Waals surface area contributed by atoms with Crippen molar-refractivity contribution < 1.29 is 4.58 Å².